The Bertz CT molecular complexity index is 1010. The summed E-state index contributed by atoms with van der Waals surface area (Å²) in [7, 11) is 0. The maximum Gasteiger partial charge on any atom is -0.0354 e. The number of rotatable bonds is 13. The first-order valence-corrected chi connectivity index (χ1v) is 35.7. The normalized spacial score (nSPS) is 21.9. The summed E-state index contributed by atoms with van der Waals surface area (Å²) in [4.78, 5) is 0. The third-order valence-corrected chi connectivity index (χ3v) is 20.6. The zero-order valence-electron chi connectivity index (χ0n) is 61.2. The van der Waals surface area contributed by atoms with E-state index in [4.69, 9.17) is 0 Å². The topological polar surface area (TPSA) is 0 Å². The fourth-order valence-corrected chi connectivity index (χ4v) is 9.64. The Kier molecular flexibility index (Phi) is 64.7. The fraction of sp³-hybridized carbons (Fsp3) is 1.00. The summed E-state index contributed by atoms with van der Waals surface area (Å²) in [6.45, 7) is 70.9. The van der Waals surface area contributed by atoms with Crippen LogP contribution in [0.15, 0.2) is 0 Å². The Balaban J connectivity index is -0.000000180. The Morgan fingerprint density at radius 2 is 0.779 bits per heavy atom. The molecular weight excluding hydrogens is 925 g/mol. The van der Waals surface area contributed by atoms with Crippen LogP contribution in [-0.4, -0.2) is 0 Å². The van der Waals surface area contributed by atoms with E-state index in [0.29, 0.717) is 16.2 Å². The van der Waals surface area contributed by atoms with Crippen molar-refractivity contribution < 1.29 is 0 Å². The van der Waals surface area contributed by atoms with Gasteiger partial charge in [-0.1, -0.05) is 388 Å². The Hall–Kier alpha value is 0. The SMILES string of the molecule is CC(C)C(C)(C)C.CC1(C)CCCC1.CC1CCCCC1.CC1CCC[C@H]1C.CC1CC[C@@H](C)C1.CCC(C)(C)CC.CCC(C)C(C)C.CCC(C)C(C)C.CCC(CC)CC.CCC1CCCC1.CCCC(C)CC. The lowest BCUT2D eigenvalue weighted by Gasteiger charge is -2.22. The van der Waals surface area contributed by atoms with Crippen molar-refractivity contribution in [2.45, 2.75) is 407 Å². The molecule has 0 aromatic rings. The molecule has 5 rings (SSSR count). The van der Waals surface area contributed by atoms with E-state index in [9.17, 15) is 0 Å². The van der Waals surface area contributed by atoms with E-state index in [0.717, 1.165) is 76.9 Å². The lowest BCUT2D eigenvalue weighted by molar-refractivity contribution is 0.283. The summed E-state index contributed by atoms with van der Waals surface area (Å²) in [6.07, 6.45) is 42.9. The second kappa shape index (κ2) is 56.5. The van der Waals surface area contributed by atoms with Crippen LogP contribution in [0, 0.1) is 93.2 Å². The molecule has 5 saturated carbocycles. The molecule has 7 atom stereocenters. The van der Waals surface area contributed by atoms with Crippen LogP contribution in [0.3, 0.4) is 0 Å². The minimum Gasteiger partial charge on any atom is -0.0654 e. The molecule has 0 saturated heterocycles. The fourth-order valence-electron chi connectivity index (χ4n) is 9.64. The quantitative estimate of drug-likeness (QED) is 0.172. The summed E-state index contributed by atoms with van der Waals surface area (Å²) in [5.41, 5.74) is 1.78. The van der Waals surface area contributed by atoms with Gasteiger partial charge in [-0.15, -0.1) is 0 Å². The van der Waals surface area contributed by atoms with E-state index in [1.165, 1.54) is 193 Å². The highest BCUT2D eigenvalue weighted by molar-refractivity contribution is 4.74. The van der Waals surface area contributed by atoms with Crippen molar-refractivity contribution in [1.29, 1.82) is 0 Å². The molecule has 5 aliphatic carbocycles. The van der Waals surface area contributed by atoms with Gasteiger partial charge in [-0.05, 0) is 112 Å². The lowest BCUT2D eigenvalue weighted by atomic mass is 9.84. The zero-order valence-corrected chi connectivity index (χ0v) is 61.2. The van der Waals surface area contributed by atoms with Crippen molar-refractivity contribution in [2.75, 3.05) is 0 Å². The van der Waals surface area contributed by atoms with Crippen LogP contribution in [-0.2, 0) is 0 Å². The van der Waals surface area contributed by atoms with E-state index < -0.39 is 0 Å². The average Bonchev–Trinajstić information content (AvgIpc) is 4.23. The molecule has 5 fully saturated rings. The smallest absolute Gasteiger partial charge is 0.0354 e. The van der Waals surface area contributed by atoms with E-state index in [1.54, 1.807) is 0 Å². The van der Waals surface area contributed by atoms with Crippen molar-refractivity contribution in [3.8, 4) is 0 Å². The molecule has 0 amide bonds. The summed E-state index contributed by atoms with van der Waals surface area (Å²) in [5, 5.41) is 0. The van der Waals surface area contributed by atoms with Crippen LogP contribution in [0.25, 0.3) is 0 Å². The van der Waals surface area contributed by atoms with E-state index in [-0.39, 0.29) is 0 Å². The molecular formula is C77H166. The van der Waals surface area contributed by atoms with E-state index in [2.05, 4.69) is 215 Å². The van der Waals surface area contributed by atoms with Gasteiger partial charge >= 0.3 is 0 Å². The van der Waals surface area contributed by atoms with Crippen molar-refractivity contribution in [3.05, 3.63) is 0 Å². The van der Waals surface area contributed by atoms with Crippen molar-refractivity contribution in [3.63, 3.8) is 0 Å². The van der Waals surface area contributed by atoms with Crippen molar-refractivity contribution in [2.24, 2.45) is 93.2 Å². The van der Waals surface area contributed by atoms with Crippen LogP contribution in [0.5, 0.6) is 0 Å². The molecule has 0 radical (unpaired) electrons. The maximum atomic E-state index is 2.36. The van der Waals surface area contributed by atoms with Crippen LogP contribution >= 0.6 is 0 Å². The van der Waals surface area contributed by atoms with Gasteiger partial charge in [0.05, 0.1) is 0 Å². The molecule has 474 valence electrons. The number of hydrogen-bond donors (Lipinski definition) is 0. The highest BCUT2D eigenvalue weighted by atomic mass is 14.3. The summed E-state index contributed by atoms with van der Waals surface area (Å²) < 4.78 is 0. The van der Waals surface area contributed by atoms with Crippen molar-refractivity contribution >= 4 is 0 Å². The predicted molar refractivity (Wildman–Crippen MR) is 367 cm³/mol. The Morgan fingerprint density at radius 3 is 0.883 bits per heavy atom. The van der Waals surface area contributed by atoms with Crippen LogP contribution in [0.4, 0.5) is 0 Å². The van der Waals surface area contributed by atoms with Crippen molar-refractivity contribution in [1.82, 2.24) is 0 Å². The summed E-state index contributed by atoms with van der Waals surface area (Å²) in [6, 6.07) is 0. The Morgan fingerprint density at radius 1 is 0.416 bits per heavy atom. The summed E-state index contributed by atoms with van der Waals surface area (Å²) in [5.74, 6) is 12.5. The van der Waals surface area contributed by atoms with E-state index >= 15 is 0 Å². The van der Waals surface area contributed by atoms with Gasteiger partial charge in [-0.2, -0.15) is 0 Å². The first kappa shape index (κ1) is 88.2. The molecule has 0 nitrogen and oxygen atoms in total. The summed E-state index contributed by atoms with van der Waals surface area (Å²) >= 11 is 0. The van der Waals surface area contributed by atoms with Gasteiger partial charge in [0.1, 0.15) is 0 Å². The minimum atomic E-state index is 0.500. The highest BCUT2D eigenvalue weighted by Gasteiger charge is 2.22. The molecule has 0 aromatic heterocycles. The van der Waals surface area contributed by atoms with Gasteiger partial charge in [-0.25, -0.2) is 0 Å². The predicted octanol–water partition coefficient (Wildman–Crippen LogP) is 29.2. The largest absolute Gasteiger partial charge is 0.0654 e. The molecule has 0 bridgehead atoms. The van der Waals surface area contributed by atoms with Gasteiger partial charge in [-0.3, -0.25) is 0 Å². The Labute approximate surface area is 498 Å². The molecule has 0 aromatic carbocycles. The van der Waals surface area contributed by atoms with Crippen LogP contribution < -0.4 is 0 Å². The average molecular weight is 1090 g/mol. The lowest BCUT2D eigenvalue weighted by Crippen LogP contribution is -2.12. The van der Waals surface area contributed by atoms with Gasteiger partial charge in [0, 0.05) is 0 Å². The first-order chi connectivity index (χ1) is 35.7. The minimum absolute atomic E-state index is 0.500. The monoisotopic (exact) mass is 1090 g/mol. The van der Waals surface area contributed by atoms with E-state index in [1.807, 2.05) is 0 Å². The van der Waals surface area contributed by atoms with Gasteiger partial charge in [0.25, 0.3) is 0 Å². The molecule has 0 aliphatic heterocycles. The van der Waals surface area contributed by atoms with Gasteiger partial charge in [0.15, 0.2) is 0 Å². The molecule has 0 heteroatoms. The number of hydrogen-bond acceptors (Lipinski definition) is 0. The third kappa shape index (κ3) is 65.0. The first-order valence-electron chi connectivity index (χ1n) is 35.7. The second-order valence-corrected chi connectivity index (χ2v) is 30.6. The third-order valence-electron chi connectivity index (χ3n) is 20.6. The molecule has 0 heterocycles. The molecule has 0 spiro atoms. The molecule has 77 heavy (non-hydrogen) atoms. The standard InChI is InChI=1S/5C7H14.6C7H16/c1-6-3-4-7(2)5-6;1-7(2)5-3-4-6-7;1-6-4-3-5-7(6)2;1-7-5-3-2-4-6-7;1-2-7-5-3-4-6-7;1-6(2)7(3,4)5;1-5-7(3,4)6-2;2*1-5-7(4)6(2)3;1-4-6-7(3)5-2;1-4-7(5-2)6-3/h6-7H,3-5H2,1-2H3;3-6H2,1-2H3;6-7H,3-5H2,1-2H3;2*7H,2-6H2,1H3;6H,1-5H3;5-6H2,1-4H3;2*6-7H,5H2,1-4H3;2*7H,4-6H2,1-3H3/t6-,7?;;6-,7?;;;;;;;;/m1.1......../s1. The molecule has 5 unspecified atom stereocenters. The zero-order chi connectivity index (χ0) is 61.2. The highest BCUT2D eigenvalue weighted by Crippen LogP contribution is 2.36. The van der Waals surface area contributed by atoms with Gasteiger partial charge in [0.2, 0.25) is 0 Å². The molecule has 0 N–H and O–H groups in total. The van der Waals surface area contributed by atoms with Crippen LogP contribution in [0.1, 0.15) is 407 Å². The van der Waals surface area contributed by atoms with Crippen LogP contribution in [0.2, 0.25) is 0 Å². The molecule has 5 aliphatic rings. The second-order valence-electron chi connectivity index (χ2n) is 30.6. The van der Waals surface area contributed by atoms with Gasteiger partial charge < -0.3 is 0 Å². The maximum absolute atomic E-state index is 2.36.